The normalized spacial score (nSPS) is 20.1. The van der Waals surface area contributed by atoms with E-state index < -0.39 is 0 Å². The Bertz CT molecular complexity index is 459. The molecule has 1 aliphatic rings. The molecule has 0 aliphatic carbocycles. The Morgan fingerprint density at radius 1 is 1.65 bits per heavy atom. The number of aliphatic hydroxyl groups excluding tert-OH is 1. The van der Waals surface area contributed by atoms with Gasteiger partial charge in [-0.15, -0.1) is 11.3 Å². The zero-order chi connectivity index (χ0) is 14.5. The Morgan fingerprint density at radius 3 is 3.15 bits per heavy atom. The molecular formula is C14H23N3O2S. The van der Waals surface area contributed by atoms with Crippen LogP contribution in [-0.2, 0) is 6.54 Å². The van der Waals surface area contributed by atoms with Crippen molar-refractivity contribution in [1.82, 2.24) is 10.3 Å². The van der Waals surface area contributed by atoms with Crippen LogP contribution in [0.5, 0.6) is 0 Å². The lowest BCUT2D eigenvalue weighted by atomic mass is 9.95. The van der Waals surface area contributed by atoms with Crippen LogP contribution in [0.15, 0.2) is 6.07 Å². The molecule has 6 heteroatoms. The van der Waals surface area contributed by atoms with Crippen LogP contribution < -0.4 is 11.3 Å². The van der Waals surface area contributed by atoms with Gasteiger partial charge in [-0.25, -0.2) is 5.84 Å². The highest BCUT2D eigenvalue weighted by Gasteiger charge is 2.21. The van der Waals surface area contributed by atoms with Crippen LogP contribution in [0.2, 0.25) is 0 Å². The number of likely N-dealkylation sites (tertiary alicyclic amines) is 1. The van der Waals surface area contributed by atoms with E-state index in [1.54, 1.807) is 0 Å². The second-order valence-electron chi connectivity index (χ2n) is 5.42. The number of carbonyl (C=O) groups excluding carboxylic acids is 1. The summed E-state index contributed by atoms with van der Waals surface area (Å²) in [6.07, 6.45) is 3.28. The summed E-state index contributed by atoms with van der Waals surface area (Å²) in [5, 5.41) is 9.06. The highest BCUT2D eigenvalue weighted by molar-refractivity contribution is 7.14. The summed E-state index contributed by atoms with van der Waals surface area (Å²) in [7, 11) is 0. The molecule has 1 saturated heterocycles. The van der Waals surface area contributed by atoms with Crippen LogP contribution in [0.3, 0.4) is 0 Å². The third-order valence-corrected chi connectivity index (χ3v) is 5.00. The molecule has 5 nitrogen and oxygen atoms in total. The van der Waals surface area contributed by atoms with Crippen molar-refractivity contribution in [3.05, 3.63) is 21.4 Å². The number of nitrogen functional groups attached to an aromatic ring is 1. The molecule has 2 rings (SSSR count). The van der Waals surface area contributed by atoms with E-state index in [4.69, 9.17) is 10.9 Å². The Labute approximate surface area is 123 Å². The molecule has 112 valence electrons. The first kappa shape index (κ1) is 15.4. The van der Waals surface area contributed by atoms with Gasteiger partial charge in [-0.1, -0.05) is 0 Å². The molecule has 4 N–H and O–H groups in total. The van der Waals surface area contributed by atoms with Crippen LogP contribution in [-0.4, -0.2) is 35.6 Å². The lowest BCUT2D eigenvalue weighted by molar-refractivity contribution is 0.0957. The number of aryl methyl sites for hydroxylation is 1. The SMILES string of the molecule is Cc1sc(C(=O)NN)cc1CN1CCCC(CCO)C1. The first-order valence-electron chi connectivity index (χ1n) is 7.07. The number of piperidine rings is 1. The number of amides is 1. The number of aliphatic hydroxyl groups is 1. The average molecular weight is 297 g/mol. The van der Waals surface area contributed by atoms with Gasteiger partial charge in [-0.05, 0) is 50.3 Å². The first-order valence-corrected chi connectivity index (χ1v) is 7.89. The van der Waals surface area contributed by atoms with Crippen LogP contribution in [0.1, 0.15) is 39.4 Å². The molecule has 1 amide bonds. The first-order chi connectivity index (χ1) is 9.63. The van der Waals surface area contributed by atoms with E-state index in [1.165, 1.54) is 34.6 Å². The van der Waals surface area contributed by atoms with Crippen molar-refractivity contribution in [3.63, 3.8) is 0 Å². The van der Waals surface area contributed by atoms with Gasteiger partial charge in [0.05, 0.1) is 4.88 Å². The largest absolute Gasteiger partial charge is 0.396 e. The molecule has 0 bridgehead atoms. The molecule has 1 aromatic rings. The highest BCUT2D eigenvalue weighted by atomic mass is 32.1. The summed E-state index contributed by atoms with van der Waals surface area (Å²) in [4.78, 5) is 15.8. The summed E-state index contributed by atoms with van der Waals surface area (Å²) in [5.41, 5.74) is 3.39. The van der Waals surface area contributed by atoms with Gasteiger partial charge in [-0.2, -0.15) is 0 Å². The number of thiophene rings is 1. The maximum absolute atomic E-state index is 11.5. The molecular weight excluding hydrogens is 274 g/mol. The topological polar surface area (TPSA) is 78.6 Å². The van der Waals surface area contributed by atoms with Crippen molar-refractivity contribution in [2.24, 2.45) is 11.8 Å². The summed E-state index contributed by atoms with van der Waals surface area (Å²) < 4.78 is 0. The van der Waals surface area contributed by atoms with Crippen LogP contribution in [0.4, 0.5) is 0 Å². The Hall–Kier alpha value is -0.950. The van der Waals surface area contributed by atoms with Crippen molar-refractivity contribution in [1.29, 1.82) is 0 Å². The smallest absolute Gasteiger partial charge is 0.275 e. The summed E-state index contributed by atoms with van der Waals surface area (Å²) in [5.74, 6) is 5.55. The number of carbonyl (C=O) groups is 1. The van der Waals surface area contributed by atoms with Gasteiger partial charge in [0.1, 0.15) is 0 Å². The second kappa shape index (κ2) is 7.17. The van der Waals surface area contributed by atoms with Gasteiger partial charge < -0.3 is 5.11 Å². The molecule has 1 aromatic heterocycles. The van der Waals surface area contributed by atoms with Crippen molar-refractivity contribution in [3.8, 4) is 0 Å². The number of hydrazine groups is 1. The molecule has 1 unspecified atom stereocenters. The molecule has 1 fully saturated rings. The van der Waals surface area contributed by atoms with Crippen molar-refractivity contribution in [2.45, 2.75) is 32.7 Å². The van der Waals surface area contributed by atoms with Gasteiger partial charge in [0.25, 0.3) is 5.91 Å². The third kappa shape index (κ3) is 3.79. The van der Waals surface area contributed by atoms with Gasteiger partial charge in [0.15, 0.2) is 0 Å². The molecule has 0 radical (unpaired) electrons. The van der Waals surface area contributed by atoms with E-state index in [0.717, 1.165) is 26.1 Å². The van der Waals surface area contributed by atoms with Crippen LogP contribution >= 0.6 is 11.3 Å². The molecule has 0 aromatic carbocycles. The fourth-order valence-corrected chi connectivity index (χ4v) is 3.75. The predicted octanol–water partition coefficient (Wildman–Crippen LogP) is 1.25. The third-order valence-electron chi connectivity index (χ3n) is 3.91. The molecule has 2 heterocycles. The minimum absolute atomic E-state index is 0.221. The Morgan fingerprint density at radius 2 is 2.45 bits per heavy atom. The van der Waals surface area contributed by atoms with Gasteiger partial charge in [0.2, 0.25) is 0 Å². The highest BCUT2D eigenvalue weighted by Crippen LogP contribution is 2.26. The van der Waals surface area contributed by atoms with Gasteiger partial charge in [-0.3, -0.25) is 15.1 Å². The fourth-order valence-electron chi connectivity index (χ4n) is 2.81. The van der Waals surface area contributed by atoms with E-state index in [-0.39, 0.29) is 12.5 Å². The average Bonchev–Trinajstić information content (AvgIpc) is 2.80. The zero-order valence-corrected chi connectivity index (χ0v) is 12.7. The van der Waals surface area contributed by atoms with Crippen molar-refractivity contribution < 1.29 is 9.90 Å². The number of nitrogens with zero attached hydrogens (tertiary/aromatic N) is 1. The Kier molecular flexibility index (Phi) is 5.54. The van der Waals surface area contributed by atoms with E-state index in [9.17, 15) is 4.79 Å². The van der Waals surface area contributed by atoms with Gasteiger partial charge >= 0.3 is 0 Å². The molecule has 1 aliphatic heterocycles. The monoisotopic (exact) mass is 297 g/mol. The summed E-state index contributed by atoms with van der Waals surface area (Å²) in [6.45, 7) is 5.32. The standard InChI is InChI=1S/C14H23N3O2S/c1-10-12(7-13(20-10)14(19)16-15)9-17-5-2-3-11(8-17)4-6-18/h7,11,18H,2-6,8-9,15H2,1H3,(H,16,19). The zero-order valence-electron chi connectivity index (χ0n) is 11.9. The fraction of sp³-hybridized carbons (Fsp3) is 0.643. The quantitative estimate of drug-likeness (QED) is 0.434. The second-order valence-corrected chi connectivity index (χ2v) is 6.68. The maximum Gasteiger partial charge on any atom is 0.275 e. The summed E-state index contributed by atoms with van der Waals surface area (Å²) >= 11 is 1.49. The molecule has 1 atom stereocenters. The maximum atomic E-state index is 11.5. The number of rotatable bonds is 5. The lowest BCUT2D eigenvalue weighted by Gasteiger charge is -2.32. The van der Waals surface area contributed by atoms with Crippen LogP contribution in [0.25, 0.3) is 0 Å². The summed E-state index contributed by atoms with van der Waals surface area (Å²) in [6, 6.07) is 1.94. The number of nitrogens with one attached hydrogen (secondary N) is 1. The Balaban J connectivity index is 1.99. The number of hydrogen-bond donors (Lipinski definition) is 3. The molecule has 0 saturated carbocycles. The minimum atomic E-state index is -0.221. The van der Waals surface area contributed by atoms with E-state index in [2.05, 4.69) is 10.3 Å². The van der Waals surface area contributed by atoms with E-state index in [1.807, 2.05) is 13.0 Å². The molecule has 20 heavy (non-hydrogen) atoms. The van der Waals surface area contributed by atoms with Gasteiger partial charge in [0, 0.05) is 24.6 Å². The van der Waals surface area contributed by atoms with Crippen LogP contribution in [0, 0.1) is 12.8 Å². The number of nitrogens with two attached hydrogens (primary N) is 1. The predicted molar refractivity (Wildman–Crippen MR) is 80.4 cm³/mol. The minimum Gasteiger partial charge on any atom is -0.396 e. The number of hydrogen-bond acceptors (Lipinski definition) is 5. The van der Waals surface area contributed by atoms with E-state index >= 15 is 0 Å². The molecule has 0 spiro atoms. The van der Waals surface area contributed by atoms with E-state index in [0.29, 0.717) is 10.8 Å². The lowest BCUT2D eigenvalue weighted by Crippen LogP contribution is -2.35. The van der Waals surface area contributed by atoms with Crippen molar-refractivity contribution >= 4 is 17.2 Å². The van der Waals surface area contributed by atoms with Crippen molar-refractivity contribution in [2.75, 3.05) is 19.7 Å².